The number of ether oxygens (including phenoxy) is 2. The minimum absolute atomic E-state index is 0. The van der Waals surface area contributed by atoms with Gasteiger partial charge in [-0.15, -0.1) is 24.0 Å². The number of nitrogens with zero attached hydrogens (tertiary/aromatic N) is 3. The molecule has 0 N–H and O–H groups in total. The van der Waals surface area contributed by atoms with Gasteiger partial charge in [0.2, 0.25) is 0 Å². The summed E-state index contributed by atoms with van der Waals surface area (Å²) in [4.78, 5) is 11.1. The fraction of sp³-hybridized carbons (Fsp3) is 0.412. The van der Waals surface area contributed by atoms with E-state index in [9.17, 15) is 0 Å². The average molecular weight is 370 g/mol. The SMILES string of the molecule is Cl.ClCc1cccc(-c2ncc(OCCN3CCOCC3)cn2)c1. The summed E-state index contributed by atoms with van der Waals surface area (Å²) in [6.07, 6.45) is 3.43. The van der Waals surface area contributed by atoms with Gasteiger partial charge in [0.05, 0.1) is 25.6 Å². The first-order chi connectivity index (χ1) is 11.3. The molecule has 3 rings (SSSR count). The molecule has 130 valence electrons. The largest absolute Gasteiger partial charge is 0.489 e. The first kappa shape index (κ1) is 18.9. The Morgan fingerprint density at radius 1 is 1.17 bits per heavy atom. The highest BCUT2D eigenvalue weighted by atomic mass is 35.5. The predicted molar refractivity (Wildman–Crippen MR) is 97.0 cm³/mol. The zero-order valence-corrected chi connectivity index (χ0v) is 14.9. The van der Waals surface area contributed by atoms with Crippen LogP contribution in [0, 0.1) is 0 Å². The van der Waals surface area contributed by atoms with Crippen LogP contribution in [0.4, 0.5) is 0 Å². The molecule has 1 aliphatic rings. The van der Waals surface area contributed by atoms with E-state index >= 15 is 0 Å². The molecule has 1 aliphatic heterocycles. The molecule has 0 saturated carbocycles. The van der Waals surface area contributed by atoms with E-state index < -0.39 is 0 Å². The number of rotatable bonds is 6. The van der Waals surface area contributed by atoms with Crippen molar-refractivity contribution in [2.24, 2.45) is 0 Å². The quantitative estimate of drug-likeness (QED) is 0.732. The smallest absolute Gasteiger partial charge is 0.159 e. The molecule has 2 heterocycles. The summed E-state index contributed by atoms with van der Waals surface area (Å²) in [7, 11) is 0. The second-order valence-electron chi connectivity index (χ2n) is 5.38. The van der Waals surface area contributed by atoms with Gasteiger partial charge in [0.25, 0.3) is 0 Å². The maximum absolute atomic E-state index is 5.86. The summed E-state index contributed by atoms with van der Waals surface area (Å²) in [6.45, 7) is 5.07. The average Bonchev–Trinajstić information content (AvgIpc) is 2.63. The van der Waals surface area contributed by atoms with Crippen LogP contribution in [0.2, 0.25) is 0 Å². The zero-order valence-electron chi connectivity index (χ0n) is 13.4. The van der Waals surface area contributed by atoms with Crippen LogP contribution in [-0.4, -0.2) is 54.3 Å². The zero-order chi connectivity index (χ0) is 15.9. The standard InChI is InChI=1S/C17H20ClN3O2.ClH/c18-11-14-2-1-3-15(10-14)17-19-12-16(13-20-17)23-9-6-21-4-7-22-8-5-21;/h1-3,10,12-13H,4-9,11H2;1H. The van der Waals surface area contributed by atoms with Crippen molar-refractivity contribution in [1.29, 1.82) is 0 Å². The van der Waals surface area contributed by atoms with E-state index in [1.807, 2.05) is 24.3 Å². The van der Waals surface area contributed by atoms with Crippen molar-refractivity contribution in [3.8, 4) is 17.1 Å². The highest BCUT2D eigenvalue weighted by Crippen LogP contribution is 2.18. The molecule has 0 radical (unpaired) electrons. The van der Waals surface area contributed by atoms with Gasteiger partial charge in [0.15, 0.2) is 11.6 Å². The summed E-state index contributed by atoms with van der Waals surface area (Å²) >= 11 is 5.86. The first-order valence-electron chi connectivity index (χ1n) is 7.75. The van der Waals surface area contributed by atoms with Crippen molar-refractivity contribution in [2.45, 2.75) is 5.88 Å². The molecule has 0 unspecified atom stereocenters. The lowest BCUT2D eigenvalue weighted by Crippen LogP contribution is -2.38. The third-order valence-electron chi connectivity index (χ3n) is 3.75. The number of alkyl halides is 1. The molecule has 0 bridgehead atoms. The minimum Gasteiger partial charge on any atom is -0.489 e. The van der Waals surface area contributed by atoms with Crippen molar-refractivity contribution in [3.05, 3.63) is 42.2 Å². The van der Waals surface area contributed by atoms with Crippen molar-refractivity contribution in [2.75, 3.05) is 39.5 Å². The topological polar surface area (TPSA) is 47.5 Å². The normalized spacial score (nSPS) is 14.9. The lowest BCUT2D eigenvalue weighted by molar-refractivity contribution is 0.0322. The fourth-order valence-electron chi connectivity index (χ4n) is 2.45. The third kappa shape index (κ3) is 5.31. The molecule has 2 aromatic rings. The highest BCUT2D eigenvalue weighted by molar-refractivity contribution is 6.17. The lowest BCUT2D eigenvalue weighted by atomic mass is 10.1. The fourth-order valence-corrected chi connectivity index (χ4v) is 2.62. The molecule has 24 heavy (non-hydrogen) atoms. The van der Waals surface area contributed by atoms with E-state index in [4.69, 9.17) is 21.1 Å². The number of hydrogen-bond donors (Lipinski definition) is 0. The van der Waals surface area contributed by atoms with Crippen LogP contribution in [-0.2, 0) is 10.6 Å². The Bertz CT molecular complexity index is 619. The summed E-state index contributed by atoms with van der Waals surface area (Å²) < 4.78 is 11.0. The maximum Gasteiger partial charge on any atom is 0.159 e. The predicted octanol–water partition coefficient (Wildman–Crippen LogP) is 3.02. The van der Waals surface area contributed by atoms with E-state index in [0.717, 1.165) is 44.0 Å². The van der Waals surface area contributed by atoms with Gasteiger partial charge in [0.1, 0.15) is 6.61 Å². The van der Waals surface area contributed by atoms with Crippen molar-refractivity contribution < 1.29 is 9.47 Å². The van der Waals surface area contributed by atoms with E-state index in [0.29, 0.717) is 24.1 Å². The van der Waals surface area contributed by atoms with Gasteiger partial charge < -0.3 is 9.47 Å². The molecule has 0 atom stereocenters. The Morgan fingerprint density at radius 3 is 2.62 bits per heavy atom. The highest BCUT2D eigenvalue weighted by Gasteiger charge is 2.10. The lowest BCUT2D eigenvalue weighted by Gasteiger charge is -2.26. The Morgan fingerprint density at radius 2 is 1.92 bits per heavy atom. The van der Waals surface area contributed by atoms with Crippen LogP contribution in [0.25, 0.3) is 11.4 Å². The molecular formula is C17H21Cl2N3O2. The van der Waals surface area contributed by atoms with E-state index in [1.165, 1.54) is 0 Å². The van der Waals surface area contributed by atoms with Crippen LogP contribution in [0.5, 0.6) is 5.75 Å². The Hall–Kier alpha value is -1.40. The van der Waals surface area contributed by atoms with Gasteiger partial charge in [-0.3, -0.25) is 4.90 Å². The van der Waals surface area contributed by atoms with Crippen molar-refractivity contribution >= 4 is 24.0 Å². The van der Waals surface area contributed by atoms with Gasteiger partial charge in [-0.25, -0.2) is 9.97 Å². The second kappa shape index (κ2) is 9.79. The molecule has 5 nitrogen and oxygen atoms in total. The summed E-state index contributed by atoms with van der Waals surface area (Å²) in [6, 6.07) is 7.92. The van der Waals surface area contributed by atoms with E-state index in [-0.39, 0.29) is 12.4 Å². The number of hydrogen-bond acceptors (Lipinski definition) is 5. The number of benzene rings is 1. The summed E-state index contributed by atoms with van der Waals surface area (Å²) in [5.74, 6) is 1.85. The van der Waals surface area contributed by atoms with E-state index in [1.54, 1.807) is 12.4 Å². The molecule has 1 aromatic carbocycles. The van der Waals surface area contributed by atoms with Crippen molar-refractivity contribution in [1.82, 2.24) is 14.9 Å². The van der Waals surface area contributed by atoms with Gasteiger partial charge >= 0.3 is 0 Å². The van der Waals surface area contributed by atoms with Gasteiger partial charge in [0, 0.05) is 31.1 Å². The Kier molecular flexibility index (Phi) is 7.72. The van der Waals surface area contributed by atoms with Crippen molar-refractivity contribution in [3.63, 3.8) is 0 Å². The number of aromatic nitrogens is 2. The molecule has 0 amide bonds. The Balaban J connectivity index is 0.00000208. The van der Waals surface area contributed by atoms with Crippen LogP contribution in [0.15, 0.2) is 36.7 Å². The molecule has 0 aliphatic carbocycles. The van der Waals surface area contributed by atoms with Gasteiger partial charge in [-0.1, -0.05) is 18.2 Å². The van der Waals surface area contributed by atoms with Crippen LogP contribution in [0.1, 0.15) is 5.56 Å². The third-order valence-corrected chi connectivity index (χ3v) is 4.06. The van der Waals surface area contributed by atoms with Gasteiger partial charge in [-0.2, -0.15) is 0 Å². The molecular weight excluding hydrogens is 349 g/mol. The monoisotopic (exact) mass is 369 g/mol. The molecule has 1 fully saturated rings. The van der Waals surface area contributed by atoms with E-state index in [2.05, 4.69) is 14.9 Å². The van der Waals surface area contributed by atoms with Gasteiger partial charge in [-0.05, 0) is 11.6 Å². The molecule has 0 spiro atoms. The Labute approximate surface area is 153 Å². The maximum atomic E-state index is 5.86. The molecule has 7 heteroatoms. The minimum atomic E-state index is 0. The first-order valence-corrected chi connectivity index (χ1v) is 8.29. The molecule has 1 saturated heterocycles. The summed E-state index contributed by atoms with van der Waals surface area (Å²) in [5, 5.41) is 0. The molecule has 1 aromatic heterocycles. The second-order valence-corrected chi connectivity index (χ2v) is 5.65. The van der Waals surface area contributed by atoms with Crippen LogP contribution < -0.4 is 4.74 Å². The van der Waals surface area contributed by atoms with Crippen LogP contribution >= 0.6 is 24.0 Å². The number of halogens is 2. The summed E-state index contributed by atoms with van der Waals surface area (Å²) in [5.41, 5.74) is 2.02. The van der Waals surface area contributed by atoms with Crippen LogP contribution in [0.3, 0.4) is 0 Å². The number of morpholine rings is 1.